The summed E-state index contributed by atoms with van der Waals surface area (Å²) in [5.74, 6) is 0.403. The van der Waals surface area contributed by atoms with E-state index in [0.717, 1.165) is 10.6 Å². The van der Waals surface area contributed by atoms with Gasteiger partial charge in [0.05, 0.1) is 18.0 Å². The standard InChI is InChI=1S/C14H18N2O3S/c1-2-19-15-13(17)8-5-9-16-11-6-3-4-7-12(11)20-10-14(16)18/h3-4,6-7H,2,5,8-10H2,1H3,(H,15,17). The summed E-state index contributed by atoms with van der Waals surface area (Å²) >= 11 is 1.56. The second-order valence-electron chi connectivity index (χ2n) is 4.36. The summed E-state index contributed by atoms with van der Waals surface area (Å²) in [6.45, 7) is 2.80. The van der Waals surface area contributed by atoms with Crippen LogP contribution in [0, 0.1) is 0 Å². The number of nitrogens with zero attached hydrogens (tertiary/aromatic N) is 1. The largest absolute Gasteiger partial charge is 0.311 e. The molecule has 0 saturated heterocycles. The molecule has 0 unspecified atom stereocenters. The zero-order chi connectivity index (χ0) is 14.4. The predicted octanol–water partition coefficient (Wildman–Crippen LogP) is 1.97. The average molecular weight is 294 g/mol. The maximum absolute atomic E-state index is 12.0. The van der Waals surface area contributed by atoms with E-state index in [2.05, 4.69) is 5.48 Å². The Morgan fingerprint density at radius 1 is 1.45 bits per heavy atom. The fraction of sp³-hybridized carbons (Fsp3) is 0.429. The second-order valence-corrected chi connectivity index (χ2v) is 5.38. The maximum atomic E-state index is 12.0. The molecule has 6 heteroatoms. The Morgan fingerprint density at radius 3 is 3.05 bits per heavy atom. The van der Waals surface area contributed by atoms with E-state index in [0.29, 0.717) is 31.7 Å². The quantitative estimate of drug-likeness (QED) is 0.815. The molecule has 0 fully saturated rings. The van der Waals surface area contributed by atoms with Crippen molar-refractivity contribution in [3.8, 4) is 0 Å². The number of para-hydroxylation sites is 1. The van der Waals surface area contributed by atoms with E-state index in [1.165, 1.54) is 0 Å². The first-order valence-corrected chi connectivity index (χ1v) is 7.63. The van der Waals surface area contributed by atoms with Gasteiger partial charge in [-0.05, 0) is 25.5 Å². The van der Waals surface area contributed by atoms with Crippen LogP contribution in [0.15, 0.2) is 29.2 Å². The molecular weight excluding hydrogens is 276 g/mol. The van der Waals surface area contributed by atoms with Crippen LogP contribution in [0.4, 0.5) is 5.69 Å². The third-order valence-electron chi connectivity index (χ3n) is 2.92. The number of fused-ring (bicyclic) bond motifs is 1. The normalized spacial score (nSPS) is 14.1. The second kappa shape index (κ2) is 7.31. The van der Waals surface area contributed by atoms with Gasteiger partial charge in [-0.3, -0.25) is 14.4 Å². The van der Waals surface area contributed by atoms with E-state index in [-0.39, 0.29) is 11.8 Å². The highest BCUT2D eigenvalue weighted by molar-refractivity contribution is 8.00. The molecule has 0 aromatic heterocycles. The van der Waals surface area contributed by atoms with Crippen molar-refractivity contribution in [3.05, 3.63) is 24.3 Å². The molecule has 5 nitrogen and oxygen atoms in total. The number of hydrogen-bond donors (Lipinski definition) is 1. The average Bonchev–Trinajstić information content (AvgIpc) is 2.47. The molecule has 1 N–H and O–H groups in total. The van der Waals surface area contributed by atoms with Gasteiger partial charge in [0, 0.05) is 17.9 Å². The number of anilines is 1. The summed E-state index contributed by atoms with van der Waals surface area (Å²) < 4.78 is 0. The first kappa shape index (κ1) is 14.9. The van der Waals surface area contributed by atoms with E-state index in [9.17, 15) is 9.59 Å². The molecule has 0 spiro atoms. The third-order valence-corrected chi connectivity index (χ3v) is 3.97. The SMILES string of the molecule is CCONC(=O)CCCN1C(=O)CSc2ccccc21. The molecule has 0 bridgehead atoms. The number of thioether (sulfide) groups is 1. The molecule has 20 heavy (non-hydrogen) atoms. The van der Waals surface area contributed by atoms with Crippen LogP contribution in [0.1, 0.15) is 19.8 Å². The number of hydrogen-bond acceptors (Lipinski definition) is 4. The Labute approximate surface area is 122 Å². The fourth-order valence-corrected chi connectivity index (χ4v) is 2.94. The molecule has 0 radical (unpaired) electrons. The minimum Gasteiger partial charge on any atom is -0.311 e. The molecule has 1 heterocycles. The van der Waals surface area contributed by atoms with Gasteiger partial charge < -0.3 is 4.90 Å². The van der Waals surface area contributed by atoms with E-state index in [4.69, 9.17) is 4.84 Å². The van der Waals surface area contributed by atoms with Crippen LogP contribution < -0.4 is 10.4 Å². The highest BCUT2D eigenvalue weighted by Crippen LogP contribution is 2.34. The monoisotopic (exact) mass is 294 g/mol. The summed E-state index contributed by atoms with van der Waals surface area (Å²) in [6.07, 6.45) is 0.961. The molecule has 0 atom stereocenters. The van der Waals surface area contributed by atoms with Gasteiger partial charge in [0.15, 0.2) is 0 Å². The summed E-state index contributed by atoms with van der Waals surface area (Å²) in [5, 5.41) is 0. The van der Waals surface area contributed by atoms with E-state index in [1.54, 1.807) is 23.6 Å². The van der Waals surface area contributed by atoms with Crippen LogP contribution in [0.25, 0.3) is 0 Å². The van der Waals surface area contributed by atoms with Crippen LogP contribution in [0.3, 0.4) is 0 Å². The summed E-state index contributed by atoms with van der Waals surface area (Å²) in [6, 6.07) is 7.85. The molecule has 1 aromatic carbocycles. The van der Waals surface area contributed by atoms with Gasteiger partial charge in [-0.1, -0.05) is 12.1 Å². The highest BCUT2D eigenvalue weighted by Gasteiger charge is 2.23. The topological polar surface area (TPSA) is 58.6 Å². The molecule has 2 rings (SSSR count). The van der Waals surface area contributed by atoms with Crippen LogP contribution >= 0.6 is 11.8 Å². The molecule has 1 aromatic rings. The van der Waals surface area contributed by atoms with E-state index >= 15 is 0 Å². The molecule has 0 aliphatic carbocycles. The zero-order valence-electron chi connectivity index (χ0n) is 11.4. The van der Waals surface area contributed by atoms with Gasteiger partial charge >= 0.3 is 0 Å². The molecule has 2 amide bonds. The summed E-state index contributed by atoms with van der Waals surface area (Å²) in [4.78, 5) is 31.1. The predicted molar refractivity (Wildman–Crippen MR) is 78.5 cm³/mol. The Bertz CT molecular complexity index is 493. The van der Waals surface area contributed by atoms with E-state index < -0.39 is 0 Å². The molecule has 108 valence electrons. The van der Waals surface area contributed by atoms with Gasteiger partial charge in [0.2, 0.25) is 11.8 Å². The fourth-order valence-electron chi connectivity index (χ4n) is 2.00. The van der Waals surface area contributed by atoms with Crippen molar-refractivity contribution in [1.82, 2.24) is 5.48 Å². The van der Waals surface area contributed by atoms with Gasteiger partial charge in [0.25, 0.3) is 0 Å². The lowest BCUT2D eigenvalue weighted by atomic mass is 10.2. The van der Waals surface area contributed by atoms with Crippen LogP contribution in [0.5, 0.6) is 0 Å². The first-order chi connectivity index (χ1) is 9.72. The number of benzene rings is 1. The Kier molecular flexibility index (Phi) is 5.43. The van der Waals surface area contributed by atoms with Crippen molar-refractivity contribution >= 4 is 29.3 Å². The van der Waals surface area contributed by atoms with Gasteiger partial charge in [0.1, 0.15) is 0 Å². The summed E-state index contributed by atoms with van der Waals surface area (Å²) in [7, 11) is 0. The smallest absolute Gasteiger partial charge is 0.243 e. The molecule has 1 aliphatic heterocycles. The van der Waals surface area contributed by atoms with Crippen molar-refractivity contribution in [2.75, 3.05) is 23.8 Å². The van der Waals surface area contributed by atoms with Gasteiger partial charge in [-0.2, -0.15) is 0 Å². The highest BCUT2D eigenvalue weighted by atomic mass is 32.2. The number of amides is 2. The molecule has 1 aliphatic rings. The number of hydroxylamine groups is 1. The molecular formula is C14H18N2O3S. The van der Waals surface area contributed by atoms with Crippen molar-refractivity contribution in [2.24, 2.45) is 0 Å². The van der Waals surface area contributed by atoms with E-state index in [1.807, 2.05) is 24.3 Å². The minimum atomic E-state index is -0.154. The Balaban J connectivity index is 1.89. The Morgan fingerprint density at radius 2 is 2.25 bits per heavy atom. The van der Waals surface area contributed by atoms with Crippen LogP contribution in [0.2, 0.25) is 0 Å². The Hall–Kier alpha value is -1.53. The lowest BCUT2D eigenvalue weighted by molar-refractivity contribution is -0.133. The maximum Gasteiger partial charge on any atom is 0.243 e. The van der Waals surface area contributed by atoms with Crippen molar-refractivity contribution < 1.29 is 14.4 Å². The van der Waals surface area contributed by atoms with Gasteiger partial charge in [-0.15, -0.1) is 11.8 Å². The number of carbonyl (C=O) groups excluding carboxylic acids is 2. The summed E-state index contributed by atoms with van der Waals surface area (Å²) in [5.41, 5.74) is 3.30. The third kappa shape index (κ3) is 3.74. The minimum absolute atomic E-state index is 0.0962. The van der Waals surface area contributed by atoms with Crippen LogP contribution in [-0.4, -0.2) is 30.7 Å². The van der Waals surface area contributed by atoms with Crippen LogP contribution in [-0.2, 0) is 14.4 Å². The van der Waals surface area contributed by atoms with Crippen molar-refractivity contribution in [3.63, 3.8) is 0 Å². The van der Waals surface area contributed by atoms with Crippen molar-refractivity contribution in [1.29, 1.82) is 0 Å². The number of carbonyl (C=O) groups is 2. The first-order valence-electron chi connectivity index (χ1n) is 6.65. The zero-order valence-corrected chi connectivity index (χ0v) is 12.2. The lowest BCUT2D eigenvalue weighted by Gasteiger charge is -2.28. The van der Waals surface area contributed by atoms with Crippen molar-refractivity contribution in [2.45, 2.75) is 24.7 Å². The number of nitrogens with one attached hydrogen (secondary N) is 1. The lowest BCUT2D eigenvalue weighted by Crippen LogP contribution is -2.36. The van der Waals surface area contributed by atoms with Gasteiger partial charge in [-0.25, -0.2) is 5.48 Å². The number of rotatable bonds is 6. The molecule has 0 saturated carbocycles.